The first-order valence-electron chi connectivity index (χ1n) is 18.6. The lowest BCUT2D eigenvalue weighted by Crippen LogP contribution is -2.61. The van der Waals surface area contributed by atoms with Gasteiger partial charge in [-0.05, 0) is 80.2 Å². The fraction of sp³-hybridized carbons (Fsp3) is 0.675. The molecular weight excluding hydrogens is 662 g/mol. The Labute approximate surface area is 310 Å². The third kappa shape index (κ3) is 11.4. The number of aliphatic hydroxyl groups excluding tert-OH is 1. The van der Waals surface area contributed by atoms with Crippen molar-refractivity contribution >= 4 is 29.5 Å². The minimum Gasteiger partial charge on any atom is -0.366 e. The number of nitrogens with zero attached hydrogens (tertiary/aromatic N) is 1. The van der Waals surface area contributed by atoms with Crippen molar-refractivity contribution in [1.82, 2.24) is 26.2 Å². The van der Waals surface area contributed by atoms with Crippen LogP contribution < -0.4 is 21.3 Å². The van der Waals surface area contributed by atoms with Crippen LogP contribution in [0.5, 0.6) is 0 Å². The van der Waals surface area contributed by atoms with Crippen LogP contribution in [0.4, 0.5) is 4.79 Å². The van der Waals surface area contributed by atoms with Gasteiger partial charge in [0.2, 0.25) is 17.6 Å². The molecule has 1 fully saturated rings. The average Bonchev–Trinajstić information content (AvgIpc) is 3.68. The molecule has 0 saturated carbocycles. The Morgan fingerprint density at radius 3 is 2.06 bits per heavy atom. The number of ketones is 1. The number of benzene rings is 1. The largest absolute Gasteiger partial charge is 0.366 e. The number of amides is 5. The molecule has 5 N–H and O–H groups in total. The first-order valence-corrected chi connectivity index (χ1v) is 18.6. The van der Waals surface area contributed by atoms with Gasteiger partial charge in [0.1, 0.15) is 12.1 Å². The summed E-state index contributed by atoms with van der Waals surface area (Å²) in [6.45, 7) is 23.1. The molecule has 2 aliphatic rings. The van der Waals surface area contributed by atoms with Gasteiger partial charge in [0.05, 0.1) is 17.7 Å². The van der Waals surface area contributed by atoms with Crippen molar-refractivity contribution in [3.05, 3.63) is 48.0 Å². The smallest absolute Gasteiger partial charge is 0.315 e. The minimum atomic E-state index is -1.33. The zero-order valence-electron chi connectivity index (χ0n) is 32.9. The molecule has 290 valence electrons. The van der Waals surface area contributed by atoms with Crippen LogP contribution >= 0.6 is 0 Å². The van der Waals surface area contributed by atoms with E-state index in [1.165, 1.54) is 6.08 Å². The van der Waals surface area contributed by atoms with E-state index in [0.717, 1.165) is 11.1 Å². The van der Waals surface area contributed by atoms with Crippen LogP contribution in [0.1, 0.15) is 99.6 Å². The lowest BCUT2D eigenvalue weighted by atomic mass is 9.79. The number of ether oxygens (including phenoxy) is 1. The number of hydrogen-bond donors (Lipinski definition) is 5. The molecule has 1 aliphatic carbocycles. The van der Waals surface area contributed by atoms with Crippen LogP contribution in [-0.2, 0) is 36.8 Å². The first kappa shape index (κ1) is 42.6. The molecule has 0 aromatic heterocycles. The SMILES string of the molecule is C=CCNC(=O)C(=O)C(CCC)NC(=O)[C@@H]1C[C@@H](C(C)(C)C)CN1C(=O)[C@@H](NC(=O)N[C@H](C(O)OC(C)(C)C)C(C)(C)C)C1Cc2ccccc2C1. The number of carbonyl (C=O) groups is 5. The summed E-state index contributed by atoms with van der Waals surface area (Å²) in [6, 6.07) is 3.46. The predicted octanol–water partition coefficient (Wildman–Crippen LogP) is 4.04. The van der Waals surface area contributed by atoms with Crippen molar-refractivity contribution in [3.8, 4) is 0 Å². The number of urea groups is 1. The van der Waals surface area contributed by atoms with Crippen LogP contribution in [0.15, 0.2) is 36.9 Å². The molecule has 12 heteroatoms. The Morgan fingerprint density at radius 1 is 0.962 bits per heavy atom. The summed E-state index contributed by atoms with van der Waals surface area (Å²) < 4.78 is 5.83. The third-order valence-electron chi connectivity index (χ3n) is 10.0. The normalized spacial score (nSPS) is 20.2. The Hall–Kier alpha value is -3.77. The van der Waals surface area contributed by atoms with E-state index in [1.54, 1.807) is 4.90 Å². The van der Waals surface area contributed by atoms with E-state index in [-0.39, 0.29) is 36.8 Å². The molecule has 52 heavy (non-hydrogen) atoms. The number of hydrogen-bond acceptors (Lipinski definition) is 7. The van der Waals surface area contributed by atoms with E-state index in [2.05, 4.69) is 48.6 Å². The zero-order valence-corrected chi connectivity index (χ0v) is 32.9. The van der Waals surface area contributed by atoms with Crippen molar-refractivity contribution in [2.75, 3.05) is 13.1 Å². The highest BCUT2D eigenvalue weighted by molar-refractivity contribution is 6.38. The highest BCUT2D eigenvalue weighted by atomic mass is 16.6. The summed E-state index contributed by atoms with van der Waals surface area (Å²) in [4.78, 5) is 70.1. The zero-order chi connectivity index (χ0) is 39.2. The van der Waals surface area contributed by atoms with E-state index in [0.29, 0.717) is 25.7 Å². The molecule has 1 saturated heterocycles. The van der Waals surface area contributed by atoms with Crippen LogP contribution in [0.3, 0.4) is 0 Å². The first-order chi connectivity index (χ1) is 24.1. The molecule has 1 aliphatic heterocycles. The van der Waals surface area contributed by atoms with E-state index < -0.39 is 71.0 Å². The van der Waals surface area contributed by atoms with E-state index in [9.17, 15) is 29.1 Å². The van der Waals surface area contributed by atoms with Gasteiger partial charge < -0.3 is 36.0 Å². The Morgan fingerprint density at radius 2 is 1.56 bits per heavy atom. The van der Waals surface area contributed by atoms with Gasteiger partial charge in [-0.25, -0.2) is 4.79 Å². The van der Waals surface area contributed by atoms with Crippen molar-refractivity contribution in [2.24, 2.45) is 22.7 Å². The lowest BCUT2D eigenvalue weighted by Gasteiger charge is -2.38. The van der Waals surface area contributed by atoms with Crippen LogP contribution in [0, 0.1) is 22.7 Å². The summed E-state index contributed by atoms with van der Waals surface area (Å²) in [5.74, 6) is -2.86. The second kappa shape index (κ2) is 17.4. The molecule has 0 spiro atoms. The molecule has 1 heterocycles. The van der Waals surface area contributed by atoms with Gasteiger partial charge >= 0.3 is 6.03 Å². The molecule has 5 amide bonds. The maximum absolute atomic E-state index is 14.9. The van der Waals surface area contributed by atoms with Gasteiger partial charge in [0, 0.05) is 13.1 Å². The van der Waals surface area contributed by atoms with Crippen LogP contribution in [0.2, 0.25) is 0 Å². The molecule has 0 radical (unpaired) electrons. The molecule has 12 nitrogen and oxygen atoms in total. The molecule has 1 aromatic rings. The molecular formula is C40H63N5O7. The van der Waals surface area contributed by atoms with E-state index in [4.69, 9.17) is 4.74 Å². The second-order valence-corrected chi connectivity index (χ2v) is 17.5. The van der Waals surface area contributed by atoms with Gasteiger partial charge in [-0.2, -0.15) is 0 Å². The number of likely N-dealkylation sites (tertiary alicyclic amines) is 1. The standard InChI is InChI=1S/C40H63N5O7/c1-12-16-28(31(46)34(48)41-19-13-2)42-33(47)29-22-27(38(3,4)5)23-45(29)35(49)30(26-20-24-17-14-15-18-25(24)21-26)43-37(51)44-32(39(6,7)8)36(50)52-40(9,10)11/h13-15,17-18,26-30,32,36,50H,2,12,16,19-23H2,1,3-11H3,(H,41,48)(H,42,47)(H2,43,44,51)/t27-,28?,29+,30+,32-,36?/m1/s1. The van der Waals surface area contributed by atoms with Crippen molar-refractivity contribution < 1.29 is 33.8 Å². The summed E-state index contributed by atoms with van der Waals surface area (Å²) in [5, 5.41) is 22.2. The Kier molecular flexibility index (Phi) is 14.2. The van der Waals surface area contributed by atoms with Gasteiger partial charge in [-0.1, -0.05) is 85.2 Å². The molecule has 0 bridgehead atoms. The molecule has 6 atom stereocenters. The number of carbonyl (C=O) groups excluding carboxylic acids is 5. The summed E-state index contributed by atoms with van der Waals surface area (Å²) in [5.41, 5.74) is 0.628. The lowest BCUT2D eigenvalue weighted by molar-refractivity contribution is -0.191. The number of rotatable bonds is 14. The maximum atomic E-state index is 14.9. The van der Waals surface area contributed by atoms with E-state index in [1.807, 2.05) is 72.7 Å². The maximum Gasteiger partial charge on any atom is 0.315 e. The van der Waals surface area contributed by atoms with Crippen LogP contribution in [-0.4, -0.2) is 88.7 Å². The number of nitrogens with one attached hydrogen (secondary N) is 4. The van der Waals surface area contributed by atoms with Gasteiger partial charge in [-0.3, -0.25) is 19.2 Å². The van der Waals surface area contributed by atoms with Gasteiger partial charge in [0.25, 0.3) is 5.91 Å². The van der Waals surface area contributed by atoms with Gasteiger partial charge in [0.15, 0.2) is 6.29 Å². The third-order valence-corrected chi connectivity index (χ3v) is 10.0. The number of aliphatic hydroxyl groups is 1. The fourth-order valence-electron chi connectivity index (χ4n) is 7.05. The summed E-state index contributed by atoms with van der Waals surface area (Å²) in [7, 11) is 0. The number of fused-ring (bicyclic) bond motifs is 1. The summed E-state index contributed by atoms with van der Waals surface area (Å²) >= 11 is 0. The monoisotopic (exact) mass is 725 g/mol. The van der Waals surface area contributed by atoms with Crippen LogP contribution in [0.25, 0.3) is 0 Å². The van der Waals surface area contributed by atoms with Crippen molar-refractivity contribution in [3.63, 3.8) is 0 Å². The number of Topliss-reactive ketones (excluding diaryl/α,β-unsaturated/α-hetero) is 1. The topological polar surface area (TPSA) is 166 Å². The predicted molar refractivity (Wildman–Crippen MR) is 201 cm³/mol. The molecule has 2 unspecified atom stereocenters. The minimum absolute atomic E-state index is 0.0615. The van der Waals surface area contributed by atoms with Crippen molar-refractivity contribution in [1.29, 1.82) is 0 Å². The molecule has 3 rings (SSSR count). The second-order valence-electron chi connectivity index (χ2n) is 17.5. The molecule has 1 aromatic carbocycles. The van der Waals surface area contributed by atoms with Gasteiger partial charge in [-0.15, -0.1) is 6.58 Å². The fourth-order valence-corrected chi connectivity index (χ4v) is 7.05. The quantitative estimate of drug-likeness (QED) is 0.110. The Balaban J connectivity index is 1.96. The van der Waals surface area contributed by atoms with Crippen molar-refractivity contribution in [2.45, 2.75) is 137 Å². The Bertz CT molecular complexity index is 1430. The highest BCUT2D eigenvalue weighted by Crippen LogP contribution is 2.38. The summed E-state index contributed by atoms with van der Waals surface area (Å²) in [6.07, 6.45) is 2.37. The van der Waals surface area contributed by atoms with E-state index >= 15 is 0 Å². The highest BCUT2D eigenvalue weighted by Gasteiger charge is 2.48. The average molecular weight is 726 g/mol.